The van der Waals surface area contributed by atoms with Crippen LogP contribution >= 0.6 is 0 Å². The lowest BCUT2D eigenvalue weighted by Gasteiger charge is -2.11. The molecule has 2 nitrogen and oxygen atoms in total. The Hall–Kier alpha value is -1.28. The summed E-state index contributed by atoms with van der Waals surface area (Å²) < 4.78 is 0. The Morgan fingerprint density at radius 2 is 2.00 bits per heavy atom. The van der Waals surface area contributed by atoms with Gasteiger partial charge in [-0.3, -0.25) is 0 Å². The van der Waals surface area contributed by atoms with Crippen molar-refractivity contribution in [1.82, 2.24) is 0 Å². The fraction of sp³-hybridized carbons (Fsp3) is 0.429. The summed E-state index contributed by atoms with van der Waals surface area (Å²) in [7, 11) is 0. The second-order valence-corrected chi connectivity index (χ2v) is 4.33. The average Bonchev–Trinajstić information content (AvgIpc) is 2.53. The minimum atomic E-state index is 0.380. The smallest absolute Gasteiger partial charge is 0.123 e. The van der Waals surface area contributed by atoms with Gasteiger partial charge in [-0.25, -0.2) is 0 Å². The zero-order valence-electron chi connectivity index (χ0n) is 9.58. The van der Waals surface area contributed by atoms with Gasteiger partial charge in [0.15, 0.2) is 0 Å². The maximum Gasteiger partial charge on any atom is 0.123 e. The molecule has 0 saturated heterocycles. The quantitative estimate of drug-likeness (QED) is 0.748. The summed E-state index contributed by atoms with van der Waals surface area (Å²) in [5.74, 6) is 0.380. The van der Waals surface area contributed by atoms with Crippen LogP contribution in [0.4, 0.5) is 0 Å². The summed E-state index contributed by atoms with van der Waals surface area (Å²) in [5, 5.41) is 9.89. The first-order valence-electron chi connectivity index (χ1n) is 6.03. The average molecular weight is 217 g/mol. The van der Waals surface area contributed by atoms with E-state index in [1.54, 1.807) is 6.07 Å². The van der Waals surface area contributed by atoms with E-state index < -0.39 is 0 Å². The van der Waals surface area contributed by atoms with E-state index in [1.807, 2.05) is 12.2 Å². The van der Waals surface area contributed by atoms with Crippen LogP contribution in [0.15, 0.2) is 18.2 Å². The zero-order valence-corrected chi connectivity index (χ0v) is 9.58. The maximum absolute atomic E-state index is 9.89. The largest absolute Gasteiger partial charge is 0.507 e. The van der Waals surface area contributed by atoms with E-state index in [2.05, 4.69) is 6.07 Å². The number of nitrogens with two attached hydrogens (primary N) is 1. The molecule has 16 heavy (non-hydrogen) atoms. The van der Waals surface area contributed by atoms with Crippen molar-refractivity contribution in [3.8, 4) is 5.75 Å². The molecule has 1 aromatic carbocycles. The standard InChI is InChI=1S/C14H19NO/c15-10-4-7-13-12-6-3-1-2-5-11(12)8-9-14(13)16/h4,7-9,16H,1-3,5-6,10,15H2/b7-4+. The number of phenolic OH excluding ortho intramolecular Hbond substituents is 1. The van der Waals surface area contributed by atoms with Crippen molar-refractivity contribution in [2.45, 2.75) is 32.1 Å². The molecule has 0 aromatic heterocycles. The Morgan fingerprint density at radius 3 is 2.81 bits per heavy atom. The van der Waals surface area contributed by atoms with Crippen molar-refractivity contribution in [2.75, 3.05) is 6.54 Å². The van der Waals surface area contributed by atoms with Gasteiger partial charge in [0.2, 0.25) is 0 Å². The predicted octanol–water partition coefficient (Wildman–Crippen LogP) is 2.63. The topological polar surface area (TPSA) is 46.2 Å². The first-order chi connectivity index (χ1) is 7.83. The summed E-state index contributed by atoms with van der Waals surface area (Å²) in [6.45, 7) is 0.517. The van der Waals surface area contributed by atoms with Crippen LogP contribution in [0.3, 0.4) is 0 Å². The maximum atomic E-state index is 9.89. The third-order valence-corrected chi connectivity index (χ3v) is 3.22. The molecule has 0 unspecified atom stereocenters. The normalized spacial score (nSPS) is 16.1. The highest BCUT2D eigenvalue weighted by Crippen LogP contribution is 2.30. The third-order valence-electron chi connectivity index (χ3n) is 3.22. The van der Waals surface area contributed by atoms with E-state index in [0.29, 0.717) is 12.3 Å². The van der Waals surface area contributed by atoms with Crippen LogP contribution in [0, 0.1) is 0 Å². The fourth-order valence-electron chi connectivity index (χ4n) is 2.39. The number of aryl methyl sites for hydroxylation is 1. The predicted molar refractivity (Wildman–Crippen MR) is 67.5 cm³/mol. The van der Waals surface area contributed by atoms with Crippen molar-refractivity contribution < 1.29 is 5.11 Å². The molecule has 0 saturated carbocycles. The molecule has 0 amide bonds. The number of benzene rings is 1. The number of fused-ring (bicyclic) bond motifs is 1. The van der Waals surface area contributed by atoms with Crippen molar-refractivity contribution in [1.29, 1.82) is 0 Å². The van der Waals surface area contributed by atoms with Crippen LogP contribution in [0.25, 0.3) is 6.08 Å². The first kappa shape index (κ1) is 11.2. The number of rotatable bonds is 2. The Balaban J connectivity index is 2.44. The van der Waals surface area contributed by atoms with Crippen LogP contribution in [0.2, 0.25) is 0 Å². The van der Waals surface area contributed by atoms with E-state index in [0.717, 1.165) is 18.4 Å². The van der Waals surface area contributed by atoms with Crippen LogP contribution in [-0.2, 0) is 12.8 Å². The molecule has 0 atom stereocenters. The van der Waals surface area contributed by atoms with Crippen LogP contribution < -0.4 is 5.73 Å². The van der Waals surface area contributed by atoms with Gasteiger partial charge in [-0.05, 0) is 42.9 Å². The third kappa shape index (κ3) is 2.27. The molecular formula is C14H19NO. The summed E-state index contributed by atoms with van der Waals surface area (Å²) in [5.41, 5.74) is 9.16. The molecule has 0 aliphatic heterocycles. The van der Waals surface area contributed by atoms with Gasteiger partial charge in [0, 0.05) is 12.1 Å². The van der Waals surface area contributed by atoms with Crippen molar-refractivity contribution in [3.05, 3.63) is 34.9 Å². The van der Waals surface area contributed by atoms with E-state index in [9.17, 15) is 5.11 Å². The molecule has 0 radical (unpaired) electrons. The lowest BCUT2D eigenvalue weighted by atomic mass is 9.96. The highest BCUT2D eigenvalue weighted by molar-refractivity contribution is 5.63. The molecule has 2 heteroatoms. The molecular weight excluding hydrogens is 198 g/mol. The SMILES string of the molecule is NC/C=C/c1c(O)ccc2c1CCCCC2. The minimum absolute atomic E-state index is 0.380. The summed E-state index contributed by atoms with van der Waals surface area (Å²) in [6.07, 6.45) is 9.85. The lowest BCUT2D eigenvalue weighted by molar-refractivity contribution is 0.473. The van der Waals surface area contributed by atoms with Gasteiger partial charge >= 0.3 is 0 Å². The number of phenols is 1. The fourth-order valence-corrected chi connectivity index (χ4v) is 2.39. The molecule has 0 fully saturated rings. The molecule has 0 spiro atoms. The van der Waals surface area contributed by atoms with Gasteiger partial charge in [-0.15, -0.1) is 0 Å². The van der Waals surface area contributed by atoms with Gasteiger partial charge in [-0.2, -0.15) is 0 Å². The van der Waals surface area contributed by atoms with Crippen LogP contribution in [-0.4, -0.2) is 11.7 Å². The molecule has 1 aromatic rings. The minimum Gasteiger partial charge on any atom is -0.507 e. The molecule has 3 N–H and O–H groups in total. The van der Waals surface area contributed by atoms with Crippen molar-refractivity contribution in [2.24, 2.45) is 5.73 Å². The summed E-state index contributed by atoms with van der Waals surface area (Å²) in [6, 6.07) is 3.87. The van der Waals surface area contributed by atoms with Crippen molar-refractivity contribution in [3.63, 3.8) is 0 Å². The summed E-state index contributed by atoms with van der Waals surface area (Å²) >= 11 is 0. The van der Waals surface area contributed by atoms with E-state index in [4.69, 9.17) is 5.73 Å². The highest BCUT2D eigenvalue weighted by Gasteiger charge is 2.13. The van der Waals surface area contributed by atoms with Gasteiger partial charge in [0.05, 0.1) is 0 Å². The van der Waals surface area contributed by atoms with Crippen LogP contribution in [0.5, 0.6) is 5.75 Å². The monoisotopic (exact) mass is 217 g/mol. The first-order valence-corrected chi connectivity index (χ1v) is 6.03. The van der Waals surface area contributed by atoms with Gasteiger partial charge in [0.1, 0.15) is 5.75 Å². The number of hydrogen-bond donors (Lipinski definition) is 2. The number of hydrogen-bond acceptors (Lipinski definition) is 2. The van der Waals surface area contributed by atoms with E-state index >= 15 is 0 Å². The summed E-state index contributed by atoms with van der Waals surface area (Å²) in [4.78, 5) is 0. The van der Waals surface area contributed by atoms with Crippen LogP contribution in [0.1, 0.15) is 36.0 Å². The second-order valence-electron chi connectivity index (χ2n) is 4.33. The molecule has 1 aliphatic carbocycles. The zero-order chi connectivity index (χ0) is 11.4. The van der Waals surface area contributed by atoms with E-state index in [1.165, 1.54) is 30.4 Å². The number of aromatic hydroxyl groups is 1. The molecule has 0 heterocycles. The van der Waals surface area contributed by atoms with Gasteiger partial charge in [-0.1, -0.05) is 24.6 Å². The Morgan fingerprint density at radius 1 is 1.19 bits per heavy atom. The molecule has 86 valence electrons. The highest BCUT2D eigenvalue weighted by atomic mass is 16.3. The second kappa shape index (κ2) is 5.17. The van der Waals surface area contributed by atoms with Crippen molar-refractivity contribution >= 4 is 6.08 Å². The molecule has 2 rings (SSSR count). The Labute approximate surface area is 96.8 Å². The molecule has 0 bridgehead atoms. The molecule has 1 aliphatic rings. The van der Waals surface area contributed by atoms with E-state index in [-0.39, 0.29) is 0 Å². The van der Waals surface area contributed by atoms with Gasteiger partial charge in [0.25, 0.3) is 0 Å². The lowest BCUT2D eigenvalue weighted by Crippen LogP contribution is -1.97. The van der Waals surface area contributed by atoms with Gasteiger partial charge < -0.3 is 10.8 Å². The Bertz CT molecular complexity index is 396. The Kier molecular flexibility index (Phi) is 3.62.